The minimum absolute atomic E-state index is 0.0678. The number of amides is 1. The summed E-state index contributed by atoms with van der Waals surface area (Å²) in [5.41, 5.74) is 0. The van der Waals surface area contributed by atoms with Crippen LogP contribution in [0.15, 0.2) is 21.7 Å². The molecule has 0 unspecified atom stereocenters. The van der Waals surface area contributed by atoms with Gasteiger partial charge in [0.1, 0.15) is 10.0 Å². The van der Waals surface area contributed by atoms with E-state index in [0.29, 0.717) is 36.0 Å². The van der Waals surface area contributed by atoms with Gasteiger partial charge in [-0.1, -0.05) is 6.07 Å². The summed E-state index contributed by atoms with van der Waals surface area (Å²) in [5, 5.41) is 8.56. The molecule has 0 saturated carbocycles. The fraction of sp³-hybridized carbons (Fsp3) is 0.562. The summed E-state index contributed by atoms with van der Waals surface area (Å²) in [5.74, 6) is 1.59. The first-order valence-corrected chi connectivity index (χ1v) is 11.0. The molecule has 1 saturated heterocycles. The standard InChI is InChI=1S/C16H23N5O3S2/c1-12-18-14(20-19-12)6-7-15(22)21-8-2-4-13(11-21)10-17-26(23,24)16-5-3-9-25-16/h3,5,9,13,17H,2,4,6-8,10-11H2,1H3,(H,18,19,20)/t13-/m1/s1. The summed E-state index contributed by atoms with van der Waals surface area (Å²) in [6.45, 7) is 3.48. The van der Waals surface area contributed by atoms with Gasteiger partial charge in [0.2, 0.25) is 15.9 Å². The highest BCUT2D eigenvalue weighted by Gasteiger charge is 2.25. The smallest absolute Gasteiger partial charge is 0.250 e. The van der Waals surface area contributed by atoms with E-state index >= 15 is 0 Å². The van der Waals surface area contributed by atoms with Gasteiger partial charge in [-0.15, -0.1) is 11.3 Å². The quantitative estimate of drug-likeness (QED) is 0.733. The summed E-state index contributed by atoms with van der Waals surface area (Å²) in [6.07, 6.45) is 2.67. The number of likely N-dealkylation sites (tertiary alicyclic amines) is 1. The minimum Gasteiger partial charge on any atom is -0.342 e. The molecule has 0 spiro atoms. The van der Waals surface area contributed by atoms with Crippen molar-refractivity contribution in [1.29, 1.82) is 0 Å². The molecule has 26 heavy (non-hydrogen) atoms. The molecule has 1 amide bonds. The molecule has 0 aliphatic carbocycles. The van der Waals surface area contributed by atoms with Crippen LogP contribution in [0.3, 0.4) is 0 Å². The zero-order valence-corrected chi connectivity index (χ0v) is 16.3. The van der Waals surface area contributed by atoms with E-state index in [-0.39, 0.29) is 11.8 Å². The van der Waals surface area contributed by atoms with Crippen LogP contribution in [0.4, 0.5) is 0 Å². The van der Waals surface area contributed by atoms with Crippen molar-refractivity contribution < 1.29 is 13.2 Å². The Balaban J connectivity index is 1.48. The third-order valence-electron chi connectivity index (χ3n) is 4.40. The number of nitrogens with one attached hydrogen (secondary N) is 2. The summed E-state index contributed by atoms with van der Waals surface area (Å²) in [4.78, 5) is 18.5. The van der Waals surface area contributed by atoms with Gasteiger partial charge >= 0.3 is 0 Å². The maximum atomic E-state index is 12.4. The monoisotopic (exact) mass is 397 g/mol. The van der Waals surface area contributed by atoms with Crippen LogP contribution in [-0.4, -0.2) is 54.0 Å². The molecule has 1 aliphatic rings. The van der Waals surface area contributed by atoms with E-state index in [1.54, 1.807) is 17.5 Å². The van der Waals surface area contributed by atoms with Crippen LogP contribution in [0.2, 0.25) is 0 Å². The maximum Gasteiger partial charge on any atom is 0.250 e. The summed E-state index contributed by atoms with van der Waals surface area (Å²) in [6, 6.07) is 3.31. The van der Waals surface area contributed by atoms with Gasteiger partial charge in [0.05, 0.1) is 0 Å². The van der Waals surface area contributed by atoms with Crippen LogP contribution in [0.25, 0.3) is 0 Å². The fourth-order valence-corrected chi connectivity index (χ4v) is 5.20. The van der Waals surface area contributed by atoms with Crippen LogP contribution in [-0.2, 0) is 21.2 Å². The van der Waals surface area contributed by atoms with Gasteiger partial charge in [-0.3, -0.25) is 9.89 Å². The van der Waals surface area contributed by atoms with Crippen molar-refractivity contribution in [2.24, 2.45) is 5.92 Å². The van der Waals surface area contributed by atoms with Gasteiger partial charge in [-0.2, -0.15) is 5.10 Å². The molecule has 142 valence electrons. The molecule has 2 aromatic heterocycles. The second-order valence-electron chi connectivity index (χ2n) is 6.47. The van der Waals surface area contributed by atoms with Crippen molar-refractivity contribution in [3.8, 4) is 0 Å². The number of carbonyl (C=O) groups is 1. The molecule has 2 N–H and O–H groups in total. The summed E-state index contributed by atoms with van der Waals surface area (Å²) >= 11 is 1.20. The van der Waals surface area contributed by atoms with Gasteiger partial charge < -0.3 is 4.90 Å². The number of carbonyl (C=O) groups excluding carboxylic acids is 1. The average Bonchev–Trinajstić information content (AvgIpc) is 3.30. The number of rotatable bonds is 7. The molecule has 2 aromatic rings. The van der Waals surface area contributed by atoms with E-state index in [4.69, 9.17) is 0 Å². The minimum atomic E-state index is -3.45. The second kappa shape index (κ2) is 8.28. The van der Waals surface area contributed by atoms with Crippen molar-refractivity contribution in [3.05, 3.63) is 29.2 Å². The fourth-order valence-electron chi connectivity index (χ4n) is 3.05. The van der Waals surface area contributed by atoms with Crippen LogP contribution in [0.5, 0.6) is 0 Å². The van der Waals surface area contributed by atoms with Crippen LogP contribution in [0.1, 0.15) is 30.9 Å². The Hall–Kier alpha value is -1.78. The normalized spacial score (nSPS) is 18.2. The van der Waals surface area contributed by atoms with E-state index in [1.807, 2.05) is 11.8 Å². The van der Waals surface area contributed by atoms with Crippen LogP contribution >= 0.6 is 11.3 Å². The second-order valence-corrected chi connectivity index (χ2v) is 9.41. The number of H-pyrrole nitrogens is 1. The zero-order chi connectivity index (χ0) is 18.6. The number of sulfonamides is 1. The van der Waals surface area contributed by atoms with Gasteiger partial charge in [0.25, 0.3) is 0 Å². The van der Waals surface area contributed by atoms with E-state index in [0.717, 1.165) is 25.2 Å². The molecule has 3 heterocycles. The maximum absolute atomic E-state index is 12.4. The lowest BCUT2D eigenvalue weighted by atomic mass is 9.98. The Morgan fingerprint density at radius 3 is 3.04 bits per heavy atom. The number of thiophene rings is 1. The van der Waals surface area contributed by atoms with Gasteiger partial charge in [-0.25, -0.2) is 18.1 Å². The number of aromatic nitrogens is 3. The predicted octanol–water partition coefficient (Wildman–Crippen LogP) is 1.32. The SMILES string of the molecule is Cc1nc(CCC(=O)N2CCC[C@H](CNS(=O)(=O)c3cccs3)C2)n[nH]1. The molecule has 0 aromatic carbocycles. The van der Waals surface area contributed by atoms with Gasteiger partial charge in [-0.05, 0) is 37.1 Å². The number of aromatic amines is 1. The van der Waals surface area contributed by atoms with Crippen molar-refractivity contribution in [2.75, 3.05) is 19.6 Å². The molecule has 1 aliphatic heterocycles. The number of nitrogens with zero attached hydrogens (tertiary/aromatic N) is 3. The molecule has 1 fully saturated rings. The van der Waals surface area contributed by atoms with Crippen LogP contribution in [0, 0.1) is 12.8 Å². The largest absolute Gasteiger partial charge is 0.342 e. The van der Waals surface area contributed by atoms with E-state index in [1.165, 1.54) is 11.3 Å². The number of hydrogen-bond acceptors (Lipinski definition) is 6. The van der Waals surface area contributed by atoms with Crippen molar-refractivity contribution >= 4 is 27.3 Å². The van der Waals surface area contributed by atoms with Crippen molar-refractivity contribution in [2.45, 2.75) is 36.8 Å². The molecular weight excluding hydrogens is 374 g/mol. The Bertz CT molecular complexity index is 832. The lowest BCUT2D eigenvalue weighted by Crippen LogP contribution is -2.43. The van der Waals surface area contributed by atoms with E-state index in [9.17, 15) is 13.2 Å². The first-order chi connectivity index (χ1) is 12.4. The first-order valence-electron chi connectivity index (χ1n) is 8.63. The molecule has 0 radical (unpaired) electrons. The molecular formula is C16H23N5O3S2. The lowest BCUT2D eigenvalue weighted by molar-refractivity contribution is -0.132. The predicted molar refractivity (Wildman–Crippen MR) is 98.3 cm³/mol. The average molecular weight is 398 g/mol. The summed E-state index contributed by atoms with van der Waals surface area (Å²) in [7, 11) is -3.45. The number of hydrogen-bond donors (Lipinski definition) is 2. The van der Waals surface area contributed by atoms with Crippen molar-refractivity contribution in [1.82, 2.24) is 24.8 Å². The van der Waals surface area contributed by atoms with E-state index in [2.05, 4.69) is 19.9 Å². The van der Waals surface area contributed by atoms with E-state index < -0.39 is 10.0 Å². The molecule has 0 bridgehead atoms. The molecule has 8 nitrogen and oxygen atoms in total. The molecule has 1 atom stereocenters. The van der Waals surface area contributed by atoms with Gasteiger partial charge in [0, 0.05) is 32.5 Å². The third-order valence-corrected chi connectivity index (χ3v) is 7.22. The first kappa shape index (κ1) is 19.0. The Kier molecular flexibility index (Phi) is 6.05. The highest BCUT2D eigenvalue weighted by Crippen LogP contribution is 2.19. The van der Waals surface area contributed by atoms with Crippen LogP contribution < -0.4 is 4.72 Å². The number of aryl methyl sites for hydroxylation is 2. The molecule has 10 heteroatoms. The number of piperidine rings is 1. The third kappa shape index (κ3) is 4.89. The highest BCUT2D eigenvalue weighted by molar-refractivity contribution is 7.91. The van der Waals surface area contributed by atoms with Crippen molar-refractivity contribution in [3.63, 3.8) is 0 Å². The summed E-state index contributed by atoms with van der Waals surface area (Å²) < 4.78 is 27.4. The zero-order valence-electron chi connectivity index (χ0n) is 14.6. The Morgan fingerprint density at radius 1 is 1.50 bits per heavy atom. The topological polar surface area (TPSA) is 108 Å². The highest BCUT2D eigenvalue weighted by atomic mass is 32.2. The Labute approximate surface area is 157 Å². The van der Waals surface area contributed by atoms with Gasteiger partial charge in [0.15, 0.2) is 5.82 Å². The lowest BCUT2D eigenvalue weighted by Gasteiger charge is -2.32. The molecule has 3 rings (SSSR count). The Morgan fingerprint density at radius 2 is 2.35 bits per heavy atom.